The average Bonchev–Trinajstić information content (AvgIpc) is 3.34. The Hall–Kier alpha value is -1.22. The summed E-state index contributed by atoms with van der Waals surface area (Å²) in [6.07, 6.45) is 17.3. The summed E-state index contributed by atoms with van der Waals surface area (Å²) >= 11 is 6.72. The van der Waals surface area contributed by atoms with Gasteiger partial charge in [0.2, 0.25) is 0 Å². The quantitative estimate of drug-likeness (QED) is 0.150. The number of allylic oxidation sites excluding steroid dienone is 1. The largest absolute Gasteiger partial charge is 0.297 e. The number of rotatable bonds is 14. The number of aldehydes is 1. The molecule has 0 aliphatic heterocycles. The maximum atomic E-state index is 10.9. The zero-order chi connectivity index (χ0) is 20.9. The van der Waals surface area contributed by atoms with Crippen LogP contribution in [0.5, 0.6) is 0 Å². The van der Waals surface area contributed by atoms with Crippen molar-refractivity contribution >= 4 is 56.5 Å². The molecule has 0 aromatic carbocycles. The lowest BCUT2D eigenvalue weighted by Gasteiger charge is -2.02. The molecule has 2 aromatic rings. The van der Waals surface area contributed by atoms with Crippen molar-refractivity contribution in [3.05, 3.63) is 42.2 Å². The van der Waals surface area contributed by atoms with E-state index >= 15 is 0 Å². The number of carbonyl (C=O) groups excluding carboxylic acids is 1. The van der Waals surface area contributed by atoms with E-state index in [1.54, 1.807) is 17.4 Å². The number of nitriles is 1. The van der Waals surface area contributed by atoms with Crippen molar-refractivity contribution < 1.29 is 4.79 Å². The van der Waals surface area contributed by atoms with Crippen LogP contribution < -0.4 is 0 Å². The van der Waals surface area contributed by atoms with Gasteiger partial charge in [-0.15, -0.1) is 22.7 Å². The molecule has 29 heavy (non-hydrogen) atoms. The second-order valence-electron chi connectivity index (χ2n) is 7.37. The molecule has 0 spiro atoms. The summed E-state index contributed by atoms with van der Waals surface area (Å²) in [5.41, 5.74) is 1.94. The van der Waals surface area contributed by atoms with Gasteiger partial charge in [-0.1, -0.05) is 64.7 Å². The summed E-state index contributed by atoms with van der Waals surface area (Å²) in [4.78, 5) is 13.4. The van der Waals surface area contributed by atoms with E-state index in [0.717, 1.165) is 26.2 Å². The third kappa shape index (κ3) is 8.58. The molecule has 2 aromatic heterocycles. The first-order valence-corrected chi connectivity index (χ1v) is 13.1. The summed E-state index contributed by atoms with van der Waals surface area (Å²) < 4.78 is 1.16. The lowest BCUT2D eigenvalue weighted by atomic mass is 10.0. The van der Waals surface area contributed by atoms with Crippen LogP contribution in [-0.4, -0.2) is 6.29 Å². The molecule has 156 valence electrons. The van der Waals surface area contributed by atoms with Gasteiger partial charge in [0.05, 0.1) is 14.2 Å². The van der Waals surface area contributed by atoms with Crippen molar-refractivity contribution in [2.45, 2.75) is 77.6 Å². The first kappa shape index (κ1) is 24.1. The monoisotopic (exact) mass is 491 g/mol. The molecule has 0 fully saturated rings. The summed E-state index contributed by atoms with van der Waals surface area (Å²) in [7, 11) is 0. The van der Waals surface area contributed by atoms with E-state index in [4.69, 9.17) is 0 Å². The molecule has 2 rings (SSSR count). The Labute approximate surface area is 191 Å². The van der Waals surface area contributed by atoms with E-state index in [2.05, 4.69) is 35.0 Å². The zero-order valence-corrected chi connectivity index (χ0v) is 20.4. The van der Waals surface area contributed by atoms with Gasteiger partial charge in [0.25, 0.3) is 0 Å². The normalized spacial score (nSPS) is 11.6. The molecular formula is C24H30BrNOS2. The second-order valence-corrected chi connectivity index (χ2v) is 10.9. The standard InChI is InChI=1S/C24H30BrNOS2/c1-2-3-4-5-6-7-8-9-10-11-12-19-15-22(29-24(19)25)16-20(17-26)23-14-13-21(18-27)28-23/h13-16,18H,2-12H2,1H3/b20-16+. The van der Waals surface area contributed by atoms with Gasteiger partial charge in [-0.2, -0.15) is 5.26 Å². The average molecular weight is 493 g/mol. The predicted octanol–water partition coefficient (Wildman–Crippen LogP) is 8.91. The molecule has 0 aliphatic rings. The molecule has 0 amide bonds. The molecule has 0 bridgehead atoms. The third-order valence-corrected chi connectivity index (χ3v) is 7.94. The fourth-order valence-electron chi connectivity index (χ4n) is 3.33. The van der Waals surface area contributed by atoms with Crippen LogP contribution in [0.3, 0.4) is 0 Å². The highest BCUT2D eigenvalue weighted by Gasteiger charge is 2.09. The number of aryl methyl sites for hydroxylation is 1. The summed E-state index contributed by atoms with van der Waals surface area (Å²) in [5.74, 6) is 0. The first-order valence-electron chi connectivity index (χ1n) is 10.6. The number of hydrogen-bond donors (Lipinski definition) is 0. The molecule has 0 saturated carbocycles. The Bertz CT molecular complexity index is 828. The van der Waals surface area contributed by atoms with Gasteiger partial charge in [-0.25, -0.2) is 0 Å². The molecule has 0 radical (unpaired) electrons. The molecule has 5 heteroatoms. The van der Waals surface area contributed by atoms with Crippen molar-refractivity contribution in [2.24, 2.45) is 0 Å². The summed E-state index contributed by atoms with van der Waals surface area (Å²) in [5, 5.41) is 9.50. The maximum absolute atomic E-state index is 10.9. The lowest BCUT2D eigenvalue weighted by Crippen LogP contribution is -1.85. The van der Waals surface area contributed by atoms with Gasteiger partial charge >= 0.3 is 0 Å². The first-order chi connectivity index (χ1) is 14.2. The number of carbonyl (C=O) groups is 1. The Morgan fingerprint density at radius 3 is 2.24 bits per heavy atom. The van der Waals surface area contributed by atoms with Crippen molar-refractivity contribution in [1.29, 1.82) is 5.26 Å². The molecule has 0 aliphatic carbocycles. The van der Waals surface area contributed by atoms with Gasteiger partial charge in [-0.3, -0.25) is 4.79 Å². The lowest BCUT2D eigenvalue weighted by molar-refractivity contribution is 0.112. The van der Waals surface area contributed by atoms with Crippen molar-refractivity contribution in [1.82, 2.24) is 0 Å². The minimum atomic E-state index is 0.613. The van der Waals surface area contributed by atoms with Crippen molar-refractivity contribution in [3.8, 4) is 6.07 Å². The van der Waals surface area contributed by atoms with Crippen LogP contribution in [0.2, 0.25) is 0 Å². The highest BCUT2D eigenvalue weighted by atomic mass is 79.9. The van der Waals surface area contributed by atoms with Gasteiger partial charge in [0.1, 0.15) is 6.07 Å². The SMILES string of the molecule is CCCCCCCCCCCCc1cc(/C=C(\C#N)c2ccc(C=O)s2)sc1Br. The van der Waals surface area contributed by atoms with Gasteiger partial charge in [0.15, 0.2) is 6.29 Å². The van der Waals surface area contributed by atoms with Gasteiger partial charge in [0, 0.05) is 9.75 Å². The molecule has 0 N–H and O–H groups in total. The molecular weight excluding hydrogens is 462 g/mol. The van der Waals surface area contributed by atoms with E-state index in [1.807, 2.05) is 12.1 Å². The van der Waals surface area contributed by atoms with Crippen LogP contribution in [0, 0.1) is 11.3 Å². The van der Waals surface area contributed by atoms with Gasteiger partial charge in [-0.05, 0) is 58.6 Å². The number of halogens is 1. The van der Waals surface area contributed by atoms with E-state index in [-0.39, 0.29) is 0 Å². The van der Waals surface area contributed by atoms with Crippen LogP contribution in [0.25, 0.3) is 11.6 Å². The molecule has 2 heterocycles. The number of hydrogen-bond acceptors (Lipinski definition) is 4. The van der Waals surface area contributed by atoms with Crippen LogP contribution in [0.1, 0.15) is 96.1 Å². The van der Waals surface area contributed by atoms with E-state index < -0.39 is 0 Å². The zero-order valence-electron chi connectivity index (χ0n) is 17.2. The van der Waals surface area contributed by atoms with Gasteiger partial charge < -0.3 is 0 Å². The maximum Gasteiger partial charge on any atom is 0.160 e. The minimum absolute atomic E-state index is 0.613. The van der Waals surface area contributed by atoms with Crippen molar-refractivity contribution in [3.63, 3.8) is 0 Å². The Morgan fingerprint density at radius 1 is 1.00 bits per heavy atom. The predicted molar refractivity (Wildman–Crippen MR) is 131 cm³/mol. The van der Waals surface area contributed by atoms with E-state index in [1.165, 1.54) is 81.1 Å². The Morgan fingerprint density at radius 2 is 1.66 bits per heavy atom. The van der Waals surface area contributed by atoms with Crippen LogP contribution in [-0.2, 0) is 6.42 Å². The topological polar surface area (TPSA) is 40.9 Å². The smallest absolute Gasteiger partial charge is 0.160 e. The molecule has 0 saturated heterocycles. The van der Waals surface area contributed by atoms with Crippen molar-refractivity contribution in [2.75, 3.05) is 0 Å². The van der Waals surface area contributed by atoms with Crippen LogP contribution in [0.15, 0.2) is 22.0 Å². The Kier molecular flexibility index (Phi) is 11.5. The number of nitrogens with zero attached hydrogens (tertiary/aromatic N) is 1. The fraction of sp³-hybridized carbons (Fsp3) is 0.500. The van der Waals surface area contributed by atoms with Crippen LogP contribution in [0.4, 0.5) is 0 Å². The van der Waals surface area contributed by atoms with Crippen LogP contribution >= 0.6 is 38.6 Å². The summed E-state index contributed by atoms with van der Waals surface area (Å²) in [6.45, 7) is 2.27. The Balaban J connectivity index is 1.77. The second kappa shape index (κ2) is 13.9. The molecule has 0 atom stereocenters. The third-order valence-electron chi connectivity index (χ3n) is 4.99. The molecule has 0 unspecified atom stereocenters. The fourth-order valence-corrected chi connectivity index (χ4v) is 5.87. The number of thiophene rings is 2. The molecule has 2 nitrogen and oxygen atoms in total. The summed E-state index contributed by atoms with van der Waals surface area (Å²) in [6, 6.07) is 8.06. The minimum Gasteiger partial charge on any atom is -0.297 e. The highest BCUT2D eigenvalue weighted by molar-refractivity contribution is 9.11. The number of unbranched alkanes of at least 4 members (excludes halogenated alkanes) is 9. The van der Waals surface area contributed by atoms with E-state index in [9.17, 15) is 10.1 Å². The highest BCUT2D eigenvalue weighted by Crippen LogP contribution is 2.33. The van der Waals surface area contributed by atoms with E-state index in [0.29, 0.717) is 10.5 Å².